The number of aromatic amines is 1. The van der Waals surface area contributed by atoms with Crippen LogP contribution in [0, 0.1) is 0 Å². The molecule has 0 spiro atoms. The third kappa shape index (κ3) is 2.85. The molecule has 1 fully saturated rings. The summed E-state index contributed by atoms with van der Waals surface area (Å²) in [6, 6.07) is 8.98. The summed E-state index contributed by atoms with van der Waals surface area (Å²) in [6.07, 6.45) is 7.02. The average molecular weight is 271 g/mol. The van der Waals surface area contributed by atoms with E-state index in [1.807, 2.05) is 18.3 Å². The van der Waals surface area contributed by atoms with E-state index < -0.39 is 0 Å². The number of hydrogen-bond donors (Lipinski definition) is 2. The summed E-state index contributed by atoms with van der Waals surface area (Å²) in [7, 11) is 1.75. The fraction of sp³-hybridized carbons (Fsp3) is 0.438. The second kappa shape index (κ2) is 6.09. The second-order valence-electron chi connectivity index (χ2n) is 5.35. The van der Waals surface area contributed by atoms with Gasteiger partial charge in [-0.15, -0.1) is 0 Å². The predicted molar refractivity (Wildman–Crippen MR) is 79.1 cm³/mol. The lowest BCUT2D eigenvalue weighted by Crippen LogP contribution is -2.41. The summed E-state index contributed by atoms with van der Waals surface area (Å²) < 4.78 is 5.43. The van der Waals surface area contributed by atoms with Gasteiger partial charge in [0.05, 0.1) is 7.11 Å². The standard InChI is InChI=1S/C16H21N3O/c1-20-15-5-3-2-4-14(15)12-10-13(11-12)17-7-6-16-18-8-9-19-16/h2-5,8-9,12-13,17H,6-7,10-11H2,1H3,(H,18,19). The molecule has 0 radical (unpaired) electrons. The molecule has 2 aromatic rings. The lowest BCUT2D eigenvalue weighted by Gasteiger charge is -2.37. The van der Waals surface area contributed by atoms with Crippen molar-refractivity contribution in [3.8, 4) is 5.75 Å². The maximum atomic E-state index is 5.43. The molecule has 2 N–H and O–H groups in total. The molecule has 106 valence electrons. The fourth-order valence-electron chi connectivity index (χ4n) is 2.87. The van der Waals surface area contributed by atoms with Crippen LogP contribution in [0.4, 0.5) is 0 Å². The van der Waals surface area contributed by atoms with Crippen LogP contribution in [-0.4, -0.2) is 29.7 Å². The second-order valence-corrected chi connectivity index (χ2v) is 5.35. The molecular formula is C16H21N3O. The van der Waals surface area contributed by atoms with E-state index in [2.05, 4.69) is 27.4 Å². The molecule has 4 heteroatoms. The van der Waals surface area contributed by atoms with Gasteiger partial charge in [-0.3, -0.25) is 0 Å². The molecule has 1 aliphatic rings. The first kappa shape index (κ1) is 13.2. The summed E-state index contributed by atoms with van der Waals surface area (Å²) >= 11 is 0. The zero-order valence-corrected chi connectivity index (χ0v) is 11.8. The van der Waals surface area contributed by atoms with E-state index >= 15 is 0 Å². The topological polar surface area (TPSA) is 49.9 Å². The van der Waals surface area contributed by atoms with E-state index in [0.717, 1.165) is 24.5 Å². The minimum Gasteiger partial charge on any atom is -0.496 e. The Kier molecular flexibility index (Phi) is 4.02. The van der Waals surface area contributed by atoms with Crippen LogP contribution in [0.15, 0.2) is 36.7 Å². The van der Waals surface area contributed by atoms with Gasteiger partial charge in [0.15, 0.2) is 0 Å². The number of para-hydroxylation sites is 1. The molecule has 1 aliphatic carbocycles. The van der Waals surface area contributed by atoms with Gasteiger partial charge in [-0.2, -0.15) is 0 Å². The summed E-state index contributed by atoms with van der Waals surface area (Å²) in [5.74, 6) is 2.71. The highest BCUT2D eigenvalue weighted by molar-refractivity contribution is 5.37. The first-order valence-corrected chi connectivity index (χ1v) is 7.21. The van der Waals surface area contributed by atoms with Gasteiger partial charge in [-0.1, -0.05) is 18.2 Å². The van der Waals surface area contributed by atoms with Gasteiger partial charge < -0.3 is 15.0 Å². The Balaban J connectivity index is 1.44. The SMILES string of the molecule is COc1ccccc1C1CC(NCCc2ncc[nH]2)C1. The van der Waals surface area contributed by atoms with Crippen LogP contribution in [0.2, 0.25) is 0 Å². The summed E-state index contributed by atoms with van der Waals surface area (Å²) in [6.45, 7) is 0.983. The Morgan fingerprint density at radius 2 is 2.20 bits per heavy atom. The molecule has 0 aliphatic heterocycles. The third-order valence-electron chi connectivity index (χ3n) is 4.07. The monoisotopic (exact) mass is 271 g/mol. The van der Waals surface area contributed by atoms with Gasteiger partial charge in [-0.05, 0) is 30.4 Å². The van der Waals surface area contributed by atoms with Crippen molar-refractivity contribution >= 4 is 0 Å². The number of rotatable bonds is 6. The highest BCUT2D eigenvalue weighted by Gasteiger charge is 2.31. The van der Waals surface area contributed by atoms with Crippen molar-refractivity contribution in [3.63, 3.8) is 0 Å². The molecule has 1 heterocycles. The zero-order valence-electron chi connectivity index (χ0n) is 11.8. The van der Waals surface area contributed by atoms with Crippen molar-refractivity contribution in [2.45, 2.75) is 31.2 Å². The van der Waals surface area contributed by atoms with Gasteiger partial charge in [-0.25, -0.2) is 4.98 Å². The number of H-pyrrole nitrogens is 1. The van der Waals surface area contributed by atoms with Crippen molar-refractivity contribution in [1.29, 1.82) is 0 Å². The quantitative estimate of drug-likeness (QED) is 0.848. The Hall–Kier alpha value is -1.81. The highest BCUT2D eigenvalue weighted by Crippen LogP contribution is 2.40. The van der Waals surface area contributed by atoms with Gasteiger partial charge in [0, 0.05) is 31.4 Å². The molecule has 3 rings (SSSR count). The first-order chi connectivity index (χ1) is 9.86. The molecule has 1 aromatic carbocycles. The van der Waals surface area contributed by atoms with E-state index in [0.29, 0.717) is 12.0 Å². The Labute approximate surface area is 119 Å². The van der Waals surface area contributed by atoms with E-state index in [9.17, 15) is 0 Å². The maximum absolute atomic E-state index is 5.43. The molecule has 4 nitrogen and oxygen atoms in total. The average Bonchev–Trinajstić information content (AvgIpc) is 2.94. The van der Waals surface area contributed by atoms with E-state index in [-0.39, 0.29) is 0 Å². The van der Waals surface area contributed by atoms with Gasteiger partial charge in [0.25, 0.3) is 0 Å². The van der Waals surface area contributed by atoms with Crippen LogP contribution in [0.25, 0.3) is 0 Å². The molecule has 0 unspecified atom stereocenters. The predicted octanol–water partition coefficient (Wildman–Crippen LogP) is 2.50. The number of ether oxygens (including phenoxy) is 1. The van der Waals surface area contributed by atoms with Crippen LogP contribution in [-0.2, 0) is 6.42 Å². The van der Waals surface area contributed by atoms with E-state index in [1.54, 1.807) is 13.3 Å². The maximum Gasteiger partial charge on any atom is 0.122 e. The van der Waals surface area contributed by atoms with Crippen LogP contribution in [0.5, 0.6) is 5.75 Å². The lowest BCUT2D eigenvalue weighted by atomic mass is 9.75. The number of aromatic nitrogens is 2. The molecular weight excluding hydrogens is 250 g/mol. The molecule has 0 bridgehead atoms. The van der Waals surface area contributed by atoms with Crippen LogP contribution < -0.4 is 10.1 Å². The largest absolute Gasteiger partial charge is 0.496 e. The lowest BCUT2D eigenvalue weighted by molar-refractivity contribution is 0.284. The van der Waals surface area contributed by atoms with Gasteiger partial charge in [0.2, 0.25) is 0 Å². The van der Waals surface area contributed by atoms with Crippen molar-refractivity contribution in [1.82, 2.24) is 15.3 Å². The molecule has 0 saturated heterocycles. The van der Waals surface area contributed by atoms with Crippen molar-refractivity contribution in [3.05, 3.63) is 48.0 Å². The van der Waals surface area contributed by atoms with Gasteiger partial charge in [0.1, 0.15) is 11.6 Å². The Bertz CT molecular complexity index is 532. The van der Waals surface area contributed by atoms with E-state index in [1.165, 1.54) is 18.4 Å². The summed E-state index contributed by atoms with van der Waals surface area (Å²) in [5.41, 5.74) is 1.35. The number of hydrogen-bond acceptors (Lipinski definition) is 3. The number of nitrogens with zero attached hydrogens (tertiary/aromatic N) is 1. The smallest absolute Gasteiger partial charge is 0.122 e. The summed E-state index contributed by atoms with van der Waals surface area (Å²) in [4.78, 5) is 7.36. The molecule has 20 heavy (non-hydrogen) atoms. The Morgan fingerprint density at radius 3 is 2.95 bits per heavy atom. The van der Waals surface area contributed by atoms with Crippen LogP contribution in [0.3, 0.4) is 0 Å². The van der Waals surface area contributed by atoms with Gasteiger partial charge >= 0.3 is 0 Å². The van der Waals surface area contributed by atoms with Crippen molar-refractivity contribution in [2.75, 3.05) is 13.7 Å². The summed E-state index contributed by atoms with van der Waals surface area (Å²) in [5, 5.41) is 3.59. The number of nitrogens with one attached hydrogen (secondary N) is 2. The number of imidazole rings is 1. The van der Waals surface area contributed by atoms with Crippen molar-refractivity contribution < 1.29 is 4.74 Å². The Morgan fingerprint density at radius 1 is 1.35 bits per heavy atom. The third-order valence-corrected chi connectivity index (χ3v) is 4.07. The van der Waals surface area contributed by atoms with Crippen LogP contribution in [0.1, 0.15) is 30.1 Å². The van der Waals surface area contributed by atoms with Crippen LogP contribution >= 0.6 is 0 Å². The zero-order chi connectivity index (χ0) is 13.8. The van der Waals surface area contributed by atoms with E-state index in [4.69, 9.17) is 4.74 Å². The minimum absolute atomic E-state index is 0.625. The first-order valence-electron chi connectivity index (χ1n) is 7.21. The number of methoxy groups -OCH3 is 1. The minimum atomic E-state index is 0.625. The normalized spacial score (nSPS) is 21.4. The fourth-order valence-corrected chi connectivity index (χ4v) is 2.87. The molecule has 1 saturated carbocycles. The van der Waals surface area contributed by atoms with Crippen molar-refractivity contribution in [2.24, 2.45) is 0 Å². The molecule has 0 amide bonds. The molecule has 1 aromatic heterocycles. The highest BCUT2D eigenvalue weighted by atomic mass is 16.5. The number of benzene rings is 1. The molecule has 0 atom stereocenters.